The molecule has 0 saturated heterocycles. The molecule has 0 amide bonds. The molecule has 51 heavy (non-hydrogen) atoms. The molecule has 258 valence electrons. The molecular weight excluding hydrogens is 746 g/mol. The molecule has 0 aliphatic heterocycles. The van der Waals surface area contributed by atoms with Gasteiger partial charge in [-0.2, -0.15) is 0 Å². The van der Waals surface area contributed by atoms with Crippen molar-refractivity contribution in [2.24, 2.45) is 0 Å². The van der Waals surface area contributed by atoms with Crippen LogP contribution >= 0.6 is 0 Å². The molecule has 0 fully saturated rings. The van der Waals surface area contributed by atoms with E-state index >= 15 is 0 Å². The van der Waals surface area contributed by atoms with E-state index < -0.39 is 23.9 Å². The Morgan fingerprint density at radius 3 is 0.765 bits per heavy atom. The van der Waals surface area contributed by atoms with E-state index in [0.717, 1.165) is 11.4 Å². The molecule has 6 heterocycles. The number of aryl methyl sites for hydroxylation is 2. The fourth-order valence-corrected chi connectivity index (χ4v) is 4.17. The topological polar surface area (TPSA) is 227 Å². The van der Waals surface area contributed by atoms with Crippen molar-refractivity contribution in [2.75, 3.05) is 0 Å². The maximum Gasteiger partial charge on any atom is 0.335 e. The van der Waals surface area contributed by atoms with Crippen LogP contribution in [-0.2, 0) is 19.5 Å². The summed E-state index contributed by atoms with van der Waals surface area (Å²) in [5, 5.41) is 35.4. The van der Waals surface area contributed by atoms with Crippen LogP contribution in [0.4, 0.5) is 0 Å². The molecule has 0 unspecified atom stereocenters. The van der Waals surface area contributed by atoms with Crippen molar-refractivity contribution < 1.29 is 59.1 Å². The van der Waals surface area contributed by atoms with Crippen LogP contribution in [0.1, 0.15) is 52.6 Å². The zero-order valence-electron chi connectivity index (χ0n) is 26.9. The molecule has 0 aliphatic rings. The van der Waals surface area contributed by atoms with Gasteiger partial charge in [0.05, 0.1) is 56.4 Å². The Morgan fingerprint density at radius 1 is 0.373 bits per heavy atom. The molecule has 0 aliphatic carbocycles. The van der Waals surface area contributed by atoms with Gasteiger partial charge in [-0.3, -0.25) is 29.9 Å². The number of carboxylic acids is 4. The summed E-state index contributed by atoms with van der Waals surface area (Å²) in [5.41, 5.74) is 5.85. The first kappa shape index (κ1) is 38.8. The summed E-state index contributed by atoms with van der Waals surface area (Å²) in [6, 6.07) is 18.8. The van der Waals surface area contributed by atoms with Crippen molar-refractivity contribution in [3.05, 3.63) is 143 Å². The van der Waals surface area contributed by atoms with Crippen LogP contribution in [0, 0.1) is 13.8 Å². The van der Waals surface area contributed by atoms with Gasteiger partial charge in [-0.1, -0.05) is 0 Å². The van der Waals surface area contributed by atoms with Gasteiger partial charge in [0.1, 0.15) is 0 Å². The molecule has 6 rings (SSSR count). The molecule has 0 radical (unpaired) electrons. The van der Waals surface area contributed by atoms with Gasteiger partial charge < -0.3 is 20.4 Å². The fourth-order valence-electron chi connectivity index (χ4n) is 4.17. The quantitative estimate of drug-likeness (QED) is 0.140. The van der Waals surface area contributed by atoms with Crippen molar-refractivity contribution in [1.82, 2.24) is 29.9 Å². The molecule has 0 atom stereocenters. The predicted molar refractivity (Wildman–Crippen MR) is 180 cm³/mol. The second-order valence-corrected chi connectivity index (χ2v) is 10.4. The van der Waals surface area contributed by atoms with Crippen molar-refractivity contribution in [2.45, 2.75) is 13.8 Å². The third-order valence-electron chi connectivity index (χ3n) is 6.65. The molecule has 0 bridgehead atoms. The van der Waals surface area contributed by atoms with E-state index in [-0.39, 0.29) is 41.7 Å². The Morgan fingerprint density at radius 2 is 0.569 bits per heavy atom. The molecule has 0 saturated carbocycles. The monoisotopic (exact) mass is 774 g/mol. The molecule has 0 aromatic carbocycles. The Labute approximate surface area is 303 Å². The summed E-state index contributed by atoms with van der Waals surface area (Å²) >= 11 is 0. The van der Waals surface area contributed by atoms with Gasteiger partial charge in [-0.05, 0) is 97.8 Å². The second-order valence-electron chi connectivity index (χ2n) is 10.4. The minimum Gasteiger partial charge on any atom is -0.478 e. The Bertz CT molecular complexity index is 1930. The summed E-state index contributed by atoms with van der Waals surface area (Å²) in [5.74, 6) is -4.30. The molecule has 6 aromatic heterocycles. The first-order valence-electron chi connectivity index (χ1n) is 14.5. The average molecular weight is 774 g/mol. The fraction of sp³-hybridized carbons (Fsp3) is 0.0556. The summed E-state index contributed by atoms with van der Waals surface area (Å²) in [6.07, 6.45) is 8.99. The van der Waals surface area contributed by atoms with Crippen molar-refractivity contribution in [1.29, 1.82) is 0 Å². The Kier molecular flexibility index (Phi) is 13.9. The van der Waals surface area contributed by atoms with Gasteiger partial charge in [0.2, 0.25) is 0 Å². The smallest absolute Gasteiger partial charge is 0.335 e. The van der Waals surface area contributed by atoms with Gasteiger partial charge in [0, 0.05) is 56.7 Å². The van der Waals surface area contributed by atoms with Gasteiger partial charge in [0.15, 0.2) is 0 Å². The van der Waals surface area contributed by atoms with Crippen LogP contribution in [0.2, 0.25) is 0 Å². The number of aromatic carboxylic acids is 4. The predicted octanol–water partition coefficient (Wildman–Crippen LogP) is 5.84. The maximum absolute atomic E-state index is 10.8. The van der Waals surface area contributed by atoms with E-state index in [1.165, 1.54) is 84.4 Å². The van der Waals surface area contributed by atoms with Crippen LogP contribution in [0.3, 0.4) is 0 Å². The van der Waals surface area contributed by atoms with Crippen LogP contribution in [-0.4, -0.2) is 74.2 Å². The first-order chi connectivity index (χ1) is 23.9. The van der Waals surface area contributed by atoms with Gasteiger partial charge in [0.25, 0.3) is 0 Å². The van der Waals surface area contributed by atoms with Crippen LogP contribution < -0.4 is 0 Å². The summed E-state index contributed by atoms with van der Waals surface area (Å²) in [4.78, 5) is 67.7. The number of nitrogens with zero attached hydrogens (tertiary/aromatic N) is 6. The molecule has 6 aromatic rings. The molecule has 0 spiro atoms. The normalized spacial score (nSPS) is 9.84. The zero-order valence-corrected chi connectivity index (χ0v) is 28.6. The minimum absolute atomic E-state index is 0. The average Bonchev–Trinajstić information content (AvgIpc) is 3.12. The zero-order chi connectivity index (χ0) is 36.2. The van der Waals surface area contributed by atoms with E-state index in [0.29, 0.717) is 22.8 Å². The molecule has 4 N–H and O–H groups in total. The second kappa shape index (κ2) is 18.2. The van der Waals surface area contributed by atoms with E-state index in [9.17, 15) is 19.2 Å². The number of rotatable bonds is 7. The van der Waals surface area contributed by atoms with Crippen LogP contribution in [0.5, 0.6) is 0 Å². The van der Waals surface area contributed by atoms with E-state index in [1.54, 1.807) is 0 Å². The largest absolute Gasteiger partial charge is 0.478 e. The van der Waals surface area contributed by atoms with E-state index in [1.807, 2.05) is 36.7 Å². The minimum atomic E-state index is -1.08. The van der Waals surface area contributed by atoms with E-state index in [4.69, 9.17) is 20.4 Å². The summed E-state index contributed by atoms with van der Waals surface area (Å²) in [7, 11) is 0. The van der Waals surface area contributed by atoms with E-state index in [2.05, 4.69) is 43.8 Å². The SMILES string of the molecule is Cc1ccnc(-c2cc(C)ccn2)c1.O=C(O)c1ccnc(-c2cc(C(=O)O)ccn2)c1.O=C(O)c1ccnc(-c2cc(C(=O)O)ccn2)c1.[Ru]. The van der Waals surface area contributed by atoms with Crippen molar-refractivity contribution in [3.63, 3.8) is 0 Å². The van der Waals surface area contributed by atoms with Crippen molar-refractivity contribution >= 4 is 23.9 Å². The van der Waals surface area contributed by atoms with Gasteiger partial charge in [-0.25, -0.2) is 19.2 Å². The maximum atomic E-state index is 10.8. The third kappa shape index (κ3) is 11.2. The Balaban J connectivity index is 0.000000206. The summed E-state index contributed by atoms with van der Waals surface area (Å²) < 4.78 is 0. The Hall–Kier alpha value is -6.60. The molecule has 15 heteroatoms. The number of pyridine rings is 6. The van der Waals surface area contributed by atoms with Crippen LogP contribution in [0.15, 0.2) is 110 Å². The standard InChI is InChI=1S/2C12H8N2O4.C12H12N2.Ru/c2*15-11(16)7-1-3-13-9(5-7)10-6-8(12(17)18)2-4-14-10;1-9-3-5-13-11(7-9)12-8-10(2)4-6-14-12;/h2*1-6H,(H,15,16)(H,17,18);3-8H,1-2H3;. The van der Waals surface area contributed by atoms with Gasteiger partial charge >= 0.3 is 23.9 Å². The van der Waals surface area contributed by atoms with Crippen LogP contribution in [0.25, 0.3) is 34.2 Å². The molecular formula is C36H28N6O8Ru. The number of carboxylic acid groups (broad SMARTS) is 4. The first-order valence-corrected chi connectivity index (χ1v) is 14.5. The van der Waals surface area contributed by atoms with Gasteiger partial charge in [-0.15, -0.1) is 0 Å². The number of carbonyl (C=O) groups is 4. The summed E-state index contributed by atoms with van der Waals surface area (Å²) in [6.45, 7) is 4.11. The number of hydrogen-bond acceptors (Lipinski definition) is 10. The van der Waals surface area contributed by atoms with Crippen molar-refractivity contribution in [3.8, 4) is 34.2 Å². The number of hydrogen-bond donors (Lipinski definition) is 4. The number of aromatic nitrogens is 6. The molecule has 14 nitrogen and oxygen atoms in total. The third-order valence-corrected chi connectivity index (χ3v) is 6.65.